The summed E-state index contributed by atoms with van der Waals surface area (Å²) < 4.78 is 2.27. The normalized spacial score (nSPS) is 22.4. The zero-order chi connectivity index (χ0) is 28.3. The molecule has 0 aromatic carbocycles. The highest BCUT2D eigenvalue weighted by atomic mass is 79.9. The van der Waals surface area contributed by atoms with E-state index in [2.05, 4.69) is 47.9 Å². The molecule has 2 aliphatic rings. The first kappa shape index (κ1) is 26.6. The Morgan fingerprint density at radius 3 is 2.62 bits per heavy atom. The molecule has 1 saturated carbocycles. The van der Waals surface area contributed by atoms with Crippen molar-refractivity contribution in [3.8, 4) is 11.3 Å². The molecule has 40 heavy (non-hydrogen) atoms. The van der Waals surface area contributed by atoms with E-state index in [9.17, 15) is 14.7 Å². The average molecular weight is 605 g/mol. The second kappa shape index (κ2) is 9.81. The maximum Gasteiger partial charge on any atom is 0.245 e. The van der Waals surface area contributed by atoms with E-state index in [1.165, 1.54) is 0 Å². The van der Waals surface area contributed by atoms with E-state index in [1.54, 1.807) is 35.1 Å². The van der Waals surface area contributed by atoms with Gasteiger partial charge in [-0.15, -0.1) is 0 Å². The number of likely N-dealkylation sites (tertiary alicyclic amines) is 1. The number of hydrogen-bond donors (Lipinski definition) is 1. The predicted octanol–water partition coefficient (Wildman–Crippen LogP) is 3.91. The molecular formula is C29H30BrN7O3. The fourth-order valence-electron chi connectivity index (χ4n) is 5.83. The third-order valence-electron chi connectivity index (χ3n) is 8.23. The smallest absolute Gasteiger partial charge is 0.245 e. The molecule has 0 radical (unpaired) electrons. The van der Waals surface area contributed by atoms with Gasteiger partial charge < -0.3 is 10.0 Å². The lowest BCUT2D eigenvalue weighted by molar-refractivity contribution is -0.139. The third kappa shape index (κ3) is 4.71. The van der Waals surface area contributed by atoms with Crippen LogP contribution in [0.2, 0.25) is 0 Å². The second-order valence-corrected chi connectivity index (χ2v) is 12.1. The lowest BCUT2D eigenvalue weighted by Gasteiger charge is -2.27. The van der Waals surface area contributed by atoms with Crippen LogP contribution in [0.15, 0.2) is 41.4 Å². The summed E-state index contributed by atoms with van der Waals surface area (Å²) in [4.78, 5) is 46.7. The van der Waals surface area contributed by atoms with E-state index in [-0.39, 0.29) is 36.1 Å². The Kier molecular flexibility index (Phi) is 6.53. The van der Waals surface area contributed by atoms with Crippen molar-refractivity contribution in [2.24, 2.45) is 5.41 Å². The molecule has 0 spiro atoms. The third-order valence-corrected chi connectivity index (χ3v) is 8.67. The van der Waals surface area contributed by atoms with Crippen LogP contribution in [0.1, 0.15) is 55.6 Å². The number of carbonyl (C=O) groups is 2. The molecule has 5 heterocycles. The van der Waals surface area contributed by atoms with Crippen LogP contribution in [0.25, 0.3) is 22.2 Å². The molecule has 1 saturated heterocycles. The maximum absolute atomic E-state index is 13.8. The van der Waals surface area contributed by atoms with Gasteiger partial charge in [-0.3, -0.25) is 19.3 Å². The van der Waals surface area contributed by atoms with Gasteiger partial charge >= 0.3 is 0 Å². The van der Waals surface area contributed by atoms with E-state index in [0.29, 0.717) is 39.1 Å². The number of hydrogen-bond acceptors (Lipinski definition) is 8. The monoisotopic (exact) mass is 603 g/mol. The standard InChI is InChI=1S/C29H30BrN7O3/c1-15-5-6-26(30)34-20(15)8-24(39)22-9-29(4)10-25(29)37(22)27(40)14-36-23-13-33-21(18-11-31-17(3)32-12-18)7-19(23)28(35-36)16(2)38/h5-7,11-13,16,22,25,38H,8-10,14H2,1-4H3/t16?,22-,25+,29-/m0/s1. The predicted molar refractivity (Wildman–Crippen MR) is 151 cm³/mol. The highest BCUT2D eigenvalue weighted by Gasteiger charge is 2.64. The highest BCUT2D eigenvalue weighted by molar-refractivity contribution is 9.10. The number of amides is 1. The summed E-state index contributed by atoms with van der Waals surface area (Å²) in [6.07, 6.45) is 5.93. The van der Waals surface area contributed by atoms with E-state index in [0.717, 1.165) is 23.2 Å². The topological polar surface area (TPSA) is 127 Å². The van der Waals surface area contributed by atoms with Crippen molar-refractivity contribution >= 4 is 38.5 Å². The van der Waals surface area contributed by atoms with Crippen molar-refractivity contribution in [2.45, 2.75) is 71.7 Å². The summed E-state index contributed by atoms with van der Waals surface area (Å²) in [5, 5.41) is 15.8. The van der Waals surface area contributed by atoms with Crippen LogP contribution in [-0.4, -0.2) is 63.5 Å². The molecule has 1 unspecified atom stereocenters. The molecule has 2 fully saturated rings. The van der Waals surface area contributed by atoms with Gasteiger partial charge in [0.2, 0.25) is 5.91 Å². The van der Waals surface area contributed by atoms with E-state index in [4.69, 9.17) is 0 Å². The van der Waals surface area contributed by atoms with Crippen LogP contribution in [0.3, 0.4) is 0 Å². The van der Waals surface area contributed by atoms with Crippen molar-refractivity contribution < 1.29 is 14.7 Å². The van der Waals surface area contributed by atoms with Crippen LogP contribution >= 0.6 is 15.9 Å². The van der Waals surface area contributed by atoms with Gasteiger partial charge in [0.1, 0.15) is 17.0 Å². The van der Waals surface area contributed by atoms with Crippen LogP contribution in [0.5, 0.6) is 0 Å². The molecule has 0 bridgehead atoms. The minimum atomic E-state index is -0.850. The fourth-order valence-corrected chi connectivity index (χ4v) is 6.18. The van der Waals surface area contributed by atoms with Gasteiger partial charge in [-0.1, -0.05) is 13.0 Å². The maximum atomic E-state index is 13.8. The number of halogens is 1. The van der Waals surface area contributed by atoms with Gasteiger partial charge in [0.15, 0.2) is 5.78 Å². The van der Waals surface area contributed by atoms with Gasteiger partial charge in [-0.2, -0.15) is 5.10 Å². The van der Waals surface area contributed by atoms with Crippen LogP contribution in [-0.2, 0) is 22.6 Å². The Morgan fingerprint density at radius 1 is 1.15 bits per heavy atom. The fraction of sp³-hybridized carbons (Fsp3) is 0.414. The zero-order valence-corrected chi connectivity index (χ0v) is 24.4. The number of fused-ring (bicyclic) bond motifs is 2. The summed E-state index contributed by atoms with van der Waals surface area (Å²) in [7, 11) is 0. The molecular weight excluding hydrogens is 574 g/mol. The van der Waals surface area contributed by atoms with Crippen molar-refractivity contribution in [3.05, 3.63) is 64.2 Å². The summed E-state index contributed by atoms with van der Waals surface area (Å²) in [5.41, 5.74) is 4.11. The number of pyridine rings is 2. The first-order valence-corrected chi connectivity index (χ1v) is 14.1. The van der Waals surface area contributed by atoms with Gasteiger partial charge in [0.25, 0.3) is 0 Å². The van der Waals surface area contributed by atoms with Crippen molar-refractivity contribution in [2.75, 3.05) is 0 Å². The lowest BCUT2D eigenvalue weighted by atomic mass is 9.96. The molecule has 10 nitrogen and oxygen atoms in total. The Hall–Kier alpha value is -3.57. The molecule has 1 amide bonds. The van der Waals surface area contributed by atoms with Gasteiger partial charge in [-0.25, -0.2) is 15.0 Å². The first-order valence-electron chi connectivity index (χ1n) is 13.3. The molecule has 11 heteroatoms. The average Bonchev–Trinajstić information content (AvgIpc) is 3.28. The van der Waals surface area contributed by atoms with Gasteiger partial charge in [0, 0.05) is 29.4 Å². The Bertz CT molecular complexity index is 1650. The highest BCUT2D eigenvalue weighted by Crippen LogP contribution is 2.59. The van der Waals surface area contributed by atoms with E-state index >= 15 is 0 Å². The summed E-state index contributed by atoms with van der Waals surface area (Å²) in [6, 6.07) is 5.17. The number of aliphatic hydroxyl groups is 1. The van der Waals surface area contributed by atoms with Crippen LogP contribution in [0.4, 0.5) is 0 Å². The molecule has 4 atom stereocenters. The second-order valence-electron chi connectivity index (χ2n) is 11.3. The number of rotatable bonds is 7. The number of carbonyl (C=O) groups excluding carboxylic acids is 2. The van der Waals surface area contributed by atoms with Crippen LogP contribution in [0, 0.1) is 19.3 Å². The summed E-state index contributed by atoms with van der Waals surface area (Å²) >= 11 is 3.39. The minimum Gasteiger partial charge on any atom is -0.387 e. The van der Waals surface area contributed by atoms with E-state index < -0.39 is 12.1 Å². The van der Waals surface area contributed by atoms with Gasteiger partial charge in [0.05, 0.1) is 47.4 Å². The molecule has 4 aromatic heterocycles. The van der Waals surface area contributed by atoms with Crippen LogP contribution < -0.4 is 0 Å². The first-order chi connectivity index (χ1) is 19.0. The number of aryl methyl sites for hydroxylation is 2. The molecule has 1 N–H and O–H groups in total. The molecule has 1 aliphatic carbocycles. The number of nitrogens with zero attached hydrogens (tertiary/aromatic N) is 7. The van der Waals surface area contributed by atoms with Gasteiger partial charge in [-0.05, 0) is 72.7 Å². The molecule has 1 aliphatic heterocycles. The minimum absolute atomic E-state index is 0.00269. The Morgan fingerprint density at radius 2 is 1.90 bits per heavy atom. The molecule has 206 valence electrons. The summed E-state index contributed by atoms with van der Waals surface area (Å²) in [5.74, 6) is 0.493. The number of ketones is 1. The summed E-state index contributed by atoms with van der Waals surface area (Å²) in [6.45, 7) is 7.48. The zero-order valence-electron chi connectivity index (χ0n) is 22.8. The van der Waals surface area contributed by atoms with Crippen molar-refractivity contribution in [1.29, 1.82) is 0 Å². The Labute approximate surface area is 240 Å². The number of Topliss-reactive ketones (excluding diaryl/α,β-unsaturated/α-hetero) is 1. The number of piperidine rings is 1. The lowest BCUT2D eigenvalue weighted by Crippen LogP contribution is -2.45. The molecule has 6 rings (SSSR count). The number of aromatic nitrogens is 6. The number of aliphatic hydroxyl groups excluding tert-OH is 1. The van der Waals surface area contributed by atoms with Crippen molar-refractivity contribution in [1.82, 2.24) is 34.6 Å². The SMILES string of the molecule is Cc1ncc(-c2cc3c(C(C)O)nn(CC(=O)N4[C@H](C(=O)Cc5nc(Br)ccc5C)C[C@@]5(C)C[C@@H]45)c3cn2)cn1. The Balaban J connectivity index is 1.28. The largest absolute Gasteiger partial charge is 0.387 e. The van der Waals surface area contributed by atoms with E-state index in [1.807, 2.05) is 32.0 Å². The van der Waals surface area contributed by atoms with Crippen molar-refractivity contribution in [3.63, 3.8) is 0 Å². The molecule has 4 aromatic rings. The quantitative estimate of drug-likeness (QED) is 0.315.